The Kier molecular flexibility index (Phi) is 6.83. The van der Waals surface area contributed by atoms with Gasteiger partial charge in [-0.05, 0) is 38.5 Å². The molecule has 3 aliphatic rings. The van der Waals surface area contributed by atoms with Crippen LogP contribution in [-0.2, 0) is 14.2 Å². The van der Waals surface area contributed by atoms with Crippen molar-refractivity contribution in [1.82, 2.24) is 10.6 Å². The van der Waals surface area contributed by atoms with Gasteiger partial charge in [-0.3, -0.25) is 4.79 Å². The van der Waals surface area contributed by atoms with E-state index >= 15 is 0 Å². The molecule has 26 heavy (non-hydrogen) atoms. The van der Waals surface area contributed by atoms with Crippen LogP contribution in [-0.4, -0.2) is 54.8 Å². The van der Waals surface area contributed by atoms with Crippen molar-refractivity contribution in [2.45, 2.75) is 68.9 Å². The van der Waals surface area contributed by atoms with Crippen molar-refractivity contribution < 1.29 is 23.8 Å². The quantitative estimate of drug-likeness (QED) is 0.712. The van der Waals surface area contributed by atoms with Gasteiger partial charge in [0.15, 0.2) is 5.79 Å². The van der Waals surface area contributed by atoms with Gasteiger partial charge in [-0.2, -0.15) is 0 Å². The third-order valence-electron chi connectivity index (χ3n) is 5.13. The van der Waals surface area contributed by atoms with Crippen LogP contribution in [0.5, 0.6) is 0 Å². The first-order chi connectivity index (χ1) is 12.6. The Labute approximate surface area is 158 Å². The summed E-state index contributed by atoms with van der Waals surface area (Å²) in [5, 5.41) is 5.84. The number of thioether (sulfide) groups is 1. The summed E-state index contributed by atoms with van der Waals surface area (Å²) in [6.07, 6.45) is 9.76. The first kappa shape index (κ1) is 19.5. The molecule has 0 aromatic carbocycles. The molecule has 0 spiro atoms. The molecular formula is C18H28N2O5S. The summed E-state index contributed by atoms with van der Waals surface area (Å²) >= 11 is 1.24. The summed E-state index contributed by atoms with van der Waals surface area (Å²) in [7, 11) is 1.61. The molecule has 2 fully saturated rings. The number of carbonyl (C=O) groups excluding carboxylic acids is 2. The molecule has 3 unspecified atom stereocenters. The van der Waals surface area contributed by atoms with Crippen LogP contribution in [0.2, 0.25) is 0 Å². The molecule has 0 aromatic heterocycles. The Balaban J connectivity index is 1.75. The maximum atomic E-state index is 12.1. The van der Waals surface area contributed by atoms with E-state index in [4.69, 9.17) is 14.2 Å². The van der Waals surface area contributed by atoms with Gasteiger partial charge >= 0.3 is 6.09 Å². The number of rotatable bonds is 2. The lowest BCUT2D eigenvalue weighted by atomic mass is 9.90. The molecule has 8 heteroatoms. The number of amides is 2. The summed E-state index contributed by atoms with van der Waals surface area (Å²) in [6, 6.07) is -0.339. The third-order valence-corrected chi connectivity index (χ3v) is 6.01. The number of methoxy groups -OCH3 is 1. The molecule has 2 saturated heterocycles. The highest BCUT2D eigenvalue weighted by Crippen LogP contribution is 2.37. The highest BCUT2D eigenvalue weighted by atomic mass is 32.2. The number of hydrogen-bond acceptors (Lipinski definition) is 6. The van der Waals surface area contributed by atoms with E-state index in [1.807, 2.05) is 0 Å². The van der Waals surface area contributed by atoms with Gasteiger partial charge in [0, 0.05) is 25.3 Å². The summed E-state index contributed by atoms with van der Waals surface area (Å²) in [6.45, 7) is 0.410. The molecule has 0 saturated carbocycles. The average Bonchev–Trinajstić information content (AvgIpc) is 3.06. The SMILES string of the molecule is COC1(C2CSC(=O)N2)CC2C[C@@H](CCC/C=C/CCCOC(=O)N2)O1. The first-order valence-electron chi connectivity index (χ1n) is 9.36. The van der Waals surface area contributed by atoms with Crippen molar-refractivity contribution in [1.29, 1.82) is 0 Å². The second-order valence-electron chi connectivity index (χ2n) is 7.01. The van der Waals surface area contributed by atoms with Gasteiger partial charge in [-0.15, -0.1) is 0 Å². The van der Waals surface area contributed by atoms with Crippen molar-refractivity contribution in [2.75, 3.05) is 19.5 Å². The van der Waals surface area contributed by atoms with Gasteiger partial charge in [0.2, 0.25) is 0 Å². The molecule has 0 aromatic rings. The molecule has 2 bridgehead atoms. The van der Waals surface area contributed by atoms with Crippen molar-refractivity contribution in [2.24, 2.45) is 0 Å². The van der Waals surface area contributed by atoms with Crippen molar-refractivity contribution in [3.8, 4) is 0 Å². The molecular weight excluding hydrogens is 356 g/mol. The summed E-state index contributed by atoms with van der Waals surface area (Å²) in [5.41, 5.74) is 0. The van der Waals surface area contributed by atoms with Crippen LogP contribution >= 0.6 is 11.8 Å². The highest BCUT2D eigenvalue weighted by molar-refractivity contribution is 8.14. The second-order valence-corrected chi connectivity index (χ2v) is 8.01. The van der Waals surface area contributed by atoms with E-state index in [1.54, 1.807) is 7.11 Å². The van der Waals surface area contributed by atoms with E-state index in [-0.39, 0.29) is 23.4 Å². The van der Waals surface area contributed by atoms with E-state index in [2.05, 4.69) is 22.8 Å². The van der Waals surface area contributed by atoms with Gasteiger partial charge in [0.1, 0.15) is 0 Å². The minimum Gasteiger partial charge on any atom is -0.450 e. The predicted molar refractivity (Wildman–Crippen MR) is 99.1 cm³/mol. The summed E-state index contributed by atoms with van der Waals surface area (Å²) < 4.78 is 17.4. The molecule has 2 amide bonds. The Hall–Kier alpha value is -1.25. The first-order valence-corrected chi connectivity index (χ1v) is 10.3. The summed E-state index contributed by atoms with van der Waals surface area (Å²) in [4.78, 5) is 23.8. The largest absolute Gasteiger partial charge is 0.450 e. The lowest BCUT2D eigenvalue weighted by molar-refractivity contribution is -0.283. The minimum atomic E-state index is -0.924. The number of carbonyl (C=O) groups is 2. The fourth-order valence-electron chi connectivity index (χ4n) is 3.80. The normalized spacial score (nSPS) is 37.8. The van der Waals surface area contributed by atoms with Gasteiger partial charge in [0.25, 0.3) is 5.24 Å². The zero-order valence-corrected chi connectivity index (χ0v) is 16.0. The lowest BCUT2D eigenvalue weighted by Crippen LogP contribution is -2.61. The summed E-state index contributed by atoms with van der Waals surface area (Å²) in [5.74, 6) is -0.327. The number of hydrogen-bond donors (Lipinski definition) is 2. The number of nitrogens with one attached hydrogen (secondary N) is 2. The maximum Gasteiger partial charge on any atom is 0.407 e. The number of cyclic esters (lactones) is 1. The predicted octanol–water partition coefficient (Wildman–Crippen LogP) is 2.95. The van der Waals surface area contributed by atoms with Crippen LogP contribution in [0.15, 0.2) is 12.2 Å². The molecule has 4 atom stereocenters. The Morgan fingerprint density at radius 3 is 2.77 bits per heavy atom. The fourth-order valence-corrected chi connectivity index (χ4v) is 4.68. The van der Waals surface area contributed by atoms with Crippen LogP contribution in [0.4, 0.5) is 9.59 Å². The van der Waals surface area contributed by atoms with Gasteiger partial charge in [0.05, 0.1) is 18.8 Å². The molecule has 3 aliphatic heterocycles. The van der Waals surface area contributed by atoms with Crippen LogP contribution in [0.25, 0.3) is 0 Å². The van der Waals surface area contributed by atoms with E-state index in [0.717, 1.165) is 38.5 Å². The monoisotopic (exact) mass is 384 g/mol. The van der Waals surface area contributed by atoms with Crippen molar-refractivity contribution >= 4 is 23.1 Å². The highest BCUT2D eigenvalue weighted by Gasteiger charge is 2.50. The molecule has 3 rings (SSSR count). The van der Waals surface area contributed by atoms with Crippen LogP contribution in [0, 0.1) is 0 Å². The lowest BCUT2D eigenvalue weighted by Gasteiger charge is -2.46. The number of allylic oxidation sites excluding steroid dienone is 2. The van der Waals surface area contributed by atoms with Gasteiger partial charge in [-0.25, -0.2) is 4.79 Å². The van der Waals surface area contributed by atoms with E-state index < -0.39 is 11.9 Å². The maximum absolute atomic E-state index is 12.1. The Morgan fingerprint density at radius 2 is 2.04 bits per heavy atom. The third kappa shape index (κ3) is 4.92. The Bertz CT molecular complexity index is 544. The van der Waals surface area contributed by atoms with Crippen LogP contribution < -0.4 is 10.6 Å². The van der Waals surface area contributed by atoms with E-state index in [9.17, 15) is 9.59 Å². The number of alkyl carbamates (subject to hydrolysis) is 1. The number of fused-ring (bicyclic) bond motifs is 2. The molecule has 3 heterocycles. The minimum absolute atomic E-state index is 0.0344. The second kappa shape index (κ2) is 9.10. The van der Waals surface area contributed by atoms with Crippen LogP contribution in [0.3, 0.4) is 0 Å². The van der Waals surface area contributed by atoms with Crippen molar-refractivity contribution in [3.63, 3.8) is 0 Å². The van der Waals surface area contributed by atoms with Gasteiger partial charge < -0.3 is 24.8 Å². The molecule has 7 nitrogen and oxygen atoms in total. The molecule has 0 aliphatic carbocycles. The van der Waals surface area contributed by atoms with E-state index in [1.165, 1.54) is 11.8 Å². The average molecular weight is 384 g/mol. The molecule has 146 valence electrons. The number of ether oxygens (including phenoxy) is 3. The zero-order valence-electron chi connectivity index (χ0n) is 15.2. The van der Waals surface area contributed by atoms with E-state index in [0.29, 0.717) is 18.8 Å². The topological polar surface area (TPSA) is 85.9 Å². The Morgan fingerprint density at radius 1 is 1.23 bits per heavy atom. The fraction of sp³-hybridized carbons (Fsp3) is 0.778. The smallest absolute Gasteiger partial charge is 0.407 e. The van der Waals surface area contributed by atoms with Crippen molar-refractivity contribution in [3.05, 3.63) is 12.2 Å². The molecule has 2 N–H and O–H groups in total. The van der Waals surface area contributed by atoms with Crippen LogP contribution in [0.1, 0.15) is 44.9 Å². The van der Waals surface area contributed by atoms with Gasteiger partial charge in [-0.1, -0.05) is 23.9 Å². The zero-order chi connectivity index (χ0) is 18.4. The molecule has 0 radical (unpaired) electrons. The standard InChI is InChI=1S/C18H28N2O5S/c1-23-18(15-12-26-17(22)20-15)11-13-10-14(25-18)8-6-4-2-3-5-7-9-24-16(21)19-13/h2-3,13-15H,4-12H2,1H3,(H,19,21)(H,20,22)/b3-2+/t13?,14-,15?,18?/m1/s1.